The Morgan fingerprint density at radius 2 is 2.00 bits per heavy atom. The smallest absolute Gasteiger partial charge is 0.323 e. The molecular formula is C12H15NO5S. The van der Waals surface area contributed by atoms with Crippen LogP contribution in [0, 0.1) is 6.92 Å². The Morgan fingerprint density at radius 1 is 1.32 bits per heavy atom. The number of aryl methyl sites for hydroxylation is 1. The summed E-state index contributed by atoms with van der Waals surface area (Å²) < 4.78 is 28.0. The first-order valence-electron chi connectivity index (χ1n) is 5.89. The highest BCUT2D eigenvalue weighted by Crippen LogP contribution is 2.14. The van der Waals surface area contributed by atoms with Crippen molar-refractivity contribution in [1.82, 2.24) is 5.32 Å². The summed E-state index contributed by atoms with van der Waals surface area (Å²) in [6, 6.07) is 6.05. The second-order valence-corrected chi connectivity index (χ2v) is 5.94. The van der Waals surface area contributed by atoms with Gasteiger partial charge in [0, 0.05) is 6.42 Å². The first kappa shape index (κ1) is 14.0. The van der Waals surface area contributed by atoms with Crippen molar-refractivity contribution >= 4 is 16.0 Å². The molecule has 1 aromatic carbocycles. The molecule has 1 amide bonds. The third-order valence-corrected chi connectivity index (χ3v) is 3.93. The van der Waals surface area contributed by atoms with Crippen molar-refractivity contribution in [2.45, 2.75) is 30.7 Å². The predicted octanol–water partition coefficient (Wildman–Crippen LogP) is 0.911. The van der Waals surface area contributed by atoms with E-state index in [0.717, 1.165) is 5.56 Å². The van der Waals surface area contributed by atoms with E-state index in [9.17, 15) is 13.2 Å². The first-order valence-corrected chi connectivity index (χ1v) is 7.30. The maximum Gasteiger partial charge on any atom is 0.323 e. The molecule has 1 saturated heterocycles. The number of hydrogen-bond donors (Lipinski definition) is 1. The molecule has 1 aromatic rings. The van der Waals surface area contributed by atoms with Crippen molar-refractivity contribution in [1.29, 1.82) is 0 Å². The lowest BCUT2D eigenvalue weighted by molar-refractivity contribution is -0.205. The molecule has 1 N–H and O–H groups in total. The molecule has 0 unspecified atom stereocenters. The van der Waals surface area contributed by atoms with Crippen LogP contribution in [0.5, 0.6) is 0 Å². The average Bonchev–Trinajstić information content (AvgIpc) is 2.75. The van der Waals surface area contributed by atoms with Gasteiger partial charge >= 0.3 is 10.1 Å². The largest absolute Gasteiger partial charge is 0.351 e. The minimum atomic E-state index is -3.92. The molecule has 1 aliphatic heterocycles. The van der Waals surface area contributed by atoms with Crippen LogP contribution in [0.1, 0.15) is 18.4 Å². The first-order chi connectivity index (χ1) is 8.97. The summed E-state index contributed by atoms with van der Waals surface area (Å²) >= 11 is 0. The van der Waals surface area contributed by atoms with Gasteiger partial charge in [0.15, 0.2) is 0 Å². The zero-order valence-electron chi connectivity index (χ0n) is 10.5. The van der Waals surface area contributed by atoms with Gasteiger partial charge in [-0.15, -0.1) is 4.33 Å². The fraction of sp³-hybridized carbons (Fsp3) is 0.417. The van der Waals surface area contributed by atoms with Gasteiger partial charge in [-0.1, -0.05) is 17.7 Å². The van der Waals surface area contributed by atoms with Crippen LogP contribution in [0.2, 0.25) is 0 Å². The Labute approximate surface area is 111 Å². The molecular weight excluding hydrogens is 270 g/mol. The van der Waals surface area contributed by atoms with Gasteiger partial charge in [0.2, 0.25) is 5.91 Å². The summed E-state index contributed by atoms with van der Waals surface area (Å²) in [5.41, 5.74) is 0.952. The molecule has 1 aliphatic rings. The quantitative estimate of drug-likeness (QED) is 0.642. The summed E-state index contributed by atoms with van der Waals surface area (Å²) in [6.07, 6.45) is 1.05. The number of carbonyl (C=O) groups excluding carboxylic acids is 1. The molecule has 0 saturated carbocycles. The van der Waals surface area contributed by atoms with Crippen LogP contribution in [0.15, 0.2) is 29.2 Å². The van der Waals surface area contributed by atoms with E-state index in [1.807, 2.05) is 6.92 Å². The van der Waals surface area contributed by atoms with Crippen LogP contribution in [-0.2, 0) is 24.1 Å². The van der Waals surface area contributed by atoms with Gasteiger partial charge in [-0.25, -0.2) is 4.89 Å². The summed E-state index contributed by atoms with van der Waals surface area (Å²) in [5, 5.41) is 2.65. The van der Waals surface area contributed by atoms with Crippen LogP contribution in [0.3, 0.4) is 0 Å². The molecule has 1 fully saturated rings. The van der Waals surface area contributed by atoms with Crippen LogP contribution >= 0.6 is 0 Å². The molecule has 0 bridgehead atoms. The van der Waals surface area contributed by atoms with E-state index in [1.54, 1.807) is 12.1 Å². The van der Waals surface area contributed by atoms with Crippen molar-refractivity contribution in [3.63, 3.8) is 0 Å². The number of nitrogens with one attached hydrogen (secondary N) is 1. The molecule has 0 spiro atoms. The van der Waals surface area contributed by atoms with Crippen molar-refractivity contribution < 1.29 is 22.4 Å². The van der Waals surface area contributed by atoms with E-state index >= 15 is 0 Å². The van der Waals surface area contributed by atoms with Gasteiger partial charge in [-0.3, -0.25) is 4.79 Å². The number of benzene rings is 1. The monoisotopic (exact) mass is 285 g/mol. The minimum absolute atomic E-state index is 0.0107. The van der Waals surface area contributed by atoms with Crippen LogP contribution in [0.4, 0.5) is 0 Å². The van der Waals surface area contributed by atoms with Crippen molar-refractivity contribution in [3.8, 4) is 0 Å². The van der Waals surface area contributed by atoms with Gasteiger partial charge in [0.05, 0.1) is 10.9 Å². The summed E-state index contributed by atoms with van der Waals surface area (Å²) in [4.78, 5) is 15.7. The van der Waals surface area contributed by atoms with Gasteiger partial charge < -0.3 is 5.32 Å². The highest BCUT2D eigenvalue weighted by molar-refractivity contribution is 7.86. The number of amides is 1. The van der Waals surface area contributed by atoms with E-state index in [1.165, 1.54) is 12.1 Å². The zero-order chi connectivity index (χ0) is 13.9. The van der Waals surface area contributed by atoms with Crippen LogP contribution in [0.25, 0.3) is 0 Å². The SMILES string of the molecule is Cc1ccc(S(=O)(=O)OOC[C@@H]2CCC(=O)N2)cc1. The zero-order valence-corrected chi connectivity index (χ0v) is 11.3. The predicted molar refractivity (Wildman–Crippen MR) is 66.6 cm³/mol. The van der Waals surface area contributed by atoms with Crippen molar-refractivity contribution in [3.05, 3.63) is 29.8 Å². The lowest BCUT2D eigenvalue weighted by Crippen LogP contribution is -2.30. The molecule has 6 nitrogen and oxygen atoms in total. The second-order valence-electron chi connectivity index (χ2n) is 4.42. The molecule has 0 aliphatic carbocycles. The number of hydrogen-bond acceptors (Lipinski definition) is 5. The van der Waals surface area contributed by atoms with Crippen molar-refractivity contribution in [2.24, 2.45) is 0 Å². The molecule has 19 heavy (non-hydrogen) atoms. The Bertz CT molecular complexity index is 552. The Balaban J connectivity index is 1.87. The number of carbonyl (C=O) groups is 1. The lowest BCUT2D eigenvalue weighted by Gasteiger charge is -2.09. The van der Waals surface area contributed by atoms with E-state index in [4.69, 9.17) is 4.89 Å². The number of rotatable bonds is 5. The fourth-order valence-corrected chi connectivity index (χ4v) is 2.45. The maximum absolute atomic E-state index is 11.7. The van der Waals surface area contributed by atoms with Gasteiger partial charge in [0.25, 0.3) is 0 Å². The van der Waals surface area contributed by atoms with E-state index in [2.05, 4.69) is 9.65 Å². The molecule has 104 valence electrons. The Hall–Kier alpha value is -1.44. The highest BCUT2D eigenvalue weighted by Gasteiger charge is 2.23. The Morgan fingerprint density at radius 3 is 2.58 bits per heavy atom. The van der Waals surface area contributed by atoms with Crippen molar-refractivity contribution in [2.75, 3.05) is 6.61 Å². The van der Waals surface area contributed by atoms with E-state index < -0.39 is 10.1 Å². The van der Waals surface area contributed by atoms with Gasteiger partial charge in [-0.2, -0.15) is 8.42 Å². The molecule has 0 radical (unpaired) electrons. The second kappa shape index (κ2) is 5.68. The lowest BCUT2D eigenvalue weighted by atomic mass is 10.2. The average molecular weight is 285 g/mol. The topological polar surface area (TPSA) is 81.7 Å². The summed E-state index contributed by atoms with van der Waals surface area (Å²) in [7, 11) is -3.92. The third-order valence-electron chi connectivity index (χ3n) is 2.80. The maximum atomic E-state index is 11.7. The fourth-order valence-electron chi connectivity index (χ4n) is 1.72. The normalized spacial score (nSPS) is 19.4. The standard InChI is InChI=1S/C12H15NO5S/c1-9-2-5-11(6-3-9)19(15,16)18-17-8-10-4-7-12(14)13-10/h2-3,5-6,10H,4,7-8H2,1H3,(H,13,14)/t10-/m0/s1. The third kappa shape index (κ3) is 3.76. The van der Waals surface area contributed by atoms with E-state index in [0.29, 0.717) is 12.8 Å². The van der Waals surface area contributed by atoms with Gasteiger partial charge in [0.1, 0.15) is 6.61 Å². The van der Waals surface area contributed by atoms with Crippen LogP contribution in [-0.4, -0.2) is 27.0 Å². The highest BCUT2D eigenvalue weighted by atomic mass is 32.2. The van der Waals surface area contributed by atoms with Gasteiger partial charge in [-0.05, 0) is 25.5 Å². The Kier molecular flexibility index (Phi) is 4.18. The molecule has 0 aromatic heterocycles. The van der Waals surface area contributed by atoms with Crippen LogP contribution < -0.4 is 5.32 Å². The molecule has 7 heteroatoms. The molecule has 1 atom stereocenters. The summed E-state index contributed by atoms with van der Waals surface area (Å²) in [6.45, 7) is 1.87. The molecule has 1 heterocycles. The van der Waals surface area contributed by atoms with E-state index in [-0.39, 0.29) is 23.5 Å². The minimum Gasteiger partial charge on any atom is -0.351 e. The summed E-state index contributed by atoms with van der Waals surface area (Å²) in [5.74, 6) is -0.0602. The molecule has 2 rings (SSSR count).